The molecule has 4 aromatic rings. The van der Waals surface area contributed by atoms with Gasteiger partial charge in [-0.1, -0.05) is 45.7 Å². The fourth-order valence-corrected chi connectivity index (χ4v) is 3.91. The van der Waals surface area contributed by atoms with Gasteiger partial charge in [0.05, 0.1) is 17.6 Å². The van der Waals surface area contributed by atoms with Gasteiger partial charge in [-0.2, -0.15) is 0 Å². The fourth-order valence-electron chi connectivity index (χ4n) is 3.38. The number of benzene rings is 3. The number of carbonyl (C=O) groups is 2. The fraction of sp³-hybridized carbons (Fsp3) is 0.125. The van der Waals surface area contributed by atoms with Crippen molar-refractivity contribution in [2.24, 2.45) is 0 Å². The molecule has 0 bridgehead atoms. The van der Waals surface area contributed by atoms with E-state index >= 15 is 0 Å². The second kappa shape index (κ2) is 9.45. The number of hydrogen-bond donors (Lipinski definition) is 1. The number of carbonyl (C=O) groups excluding carboxylic acids is 2. The van der Waals surface area contributed by atoms with Gasteiger partial charge in [-0.05, 0) is 54.6 Å². The number of aromatic nitrogens is 2. The zero-order valence-corrected chi connectivity index (χ0v) is 18.9. The number of hydrogen-bond acceptors (Lipinski definition) is 3. The van der Waals surface area contributed by atoms with Gasteiger partial charge < -0.3 is 9.88 Å². The van der Waals surface area contributed by atoms with Crippen LogP contribution in [0.5, 0.6) is 0 Å². The maximum absolute atomic E-state index is 12.9. The van der Waals surface area contributed by atoms with E-state index in [1.807, 2.05) is 41.0 Å². The van der Waals surface area contributed by atoms with Crippen LogP contribution in [0.1, 0.15) is 26.5 Å². The first-order chi connectivity index (χ1) is 15.0. The lowest BCUT2D eigenvalue weighted by Crippen LogP contribution is -2.26. The summed E-state index contributed by atoms with van der Waals surface area (Å²) < 4.78 is 2.76. The summed E-state index contributed by atoms with van der Waals surface area (Å²) in [4.78, 5) is 30.0. The first-order valence-corrected chi connectivity index (χ1v) is 10.9. The Morgan fingerprint density at radius 2 is 1.74 bits per heavy atom. The first-order valence-electron chi connectivity index (χ1n) is 9.78. The van der Waals surface area contributed by atoms with Crippen LogP contribution in [0.25, 0.3) is 11.0 Å². The van der Waals surface area contributed by atoms with Crippen molar-refractivity contribution >= 4 is 50.3 Å². The Morgan fingerprint density at radius 3 is 2.52 bits per heavy atom. The summed E-state index contributed by atoms with van der Waals surface area (Å²) in [5.41, 5.74) is 2.88. The highest BCUT2D eigenvalue weighted by molar-refractivity contribution is 9.10. The van der Waals surface area contributed by atoms with Crippen molar-refractivity contribution in [3.63, 3.8) is 0 Å². The number of nitrogens with one attached hydrogen (secondary N) is 1. The third-order valence-electron chi connectivity index (χ3n) is 4.92. The minimum Gasteiger partial charge on any atom is -0.352 e. The van der Waals surface area contributed by atoms with Gasteiger partial charge in [-0.15, -0.1) is 0 Å². The molecule has 0 aliphatic carbocycles. The molecule has 31 heavy (non-hydrogen) atoms. The van der Waals surface area contributed by atoms with E-state index < -0.39 is 0 Å². The normalized spacial score (nSPS) is 10.9. The van der Waals surface area contributed by atoms with Crippen molar-refractivity contribution in [1.29, 1.82) is 0 Å². The zero-order valence-electron chi connectivity index (χ0n) is 16.5. The lowest BCUT2D eigenvalue weighted by atomic mass is 10.1. The SMILES string of the molecule is O=C(Cn1c(CCNC(=O)c2cccc(Br)c2)nc2ccccc21)c1ccc(Cl)cc1. The monoisotopic (exact) mass is 495 g/mol. The van der Waals surface area contributed by atoms with E-state index in [-0.39, 0.29) is 18.2 Å². The molecule has 4 rings (SSSR count). The summed E-state index contributed by atoms with van der Waals surface area (Å²) in [5.74, 6) is 0.568. The van der Waals surface area contributed by atoms with E-state index in [1.165, 1.54) is 0 Å². The summed E-state index contributed by atoms with van der Waals surface area (Å²) in [6, 6.07) is 21.8. The molecular weight excluding hydrogens is 478 g/mol. The maximum Gasteiger partial charge on any atom is 0.251 e. The van der Waals surface area contributed by atoms with Gasteiger partial charge in [0.1, 0.15) is 5.82 Å². The largest absolute Gasteiger partial charge is 0.352 e. The molecule has 5 nitrogen and oxygen atoms in total. The van der Waals surface area contributed by atoms with Crippen LogP contribution in [0.4, 0.5) is 0 Å². The number of rotatable bonds is 7. The predicted molar refractivity (Wildman–Crippen MR) is 126 cm³/mol. The molecule has 0 saturated carbocycles. The molecule has 1 heterocycles. The van der Waals surface area contributed by atoms with E-state index in [4.69, 9.17) is 11.6 Å². The average molecular weight is 497 g/mol. The Morgan fingerprint density at radius 1 is 0.968 bits per heavy atom. The van der Waals surface area contributed by atoms with Crippen molar-refractivity contribution in [1.82, 2.24) is 14.9 Å². The van der Waals surface area contributed by atoms with E-state index in [0.717, 1.165) is 21.3 Å². The molecule has 1 N–H and O–H groups in total. The smallest absolute Gasteiger partial charge is 0.251 e. The van der Waals surface area contributed by atoms with Crippen molar-refractivity contribution in [3.05, 3.63) is 99.2 Å². The van der Waals surface area contributed by atoms with Crippen LogP contribution in [-0.2, 0) is 13.0 Å². The maximum atomic E-state index is 12.9. The number of fused-ring (bicyclic) bond motifs is 1. The lowest BCUT2D eigenvalue weighted by molar-refractivity contribution is 0.0948. The van der Waals surface area contributed by atoms with Crippen LogP contribution in [-0.4, -0.2) is 27.8 Å². The quantitative estimate of drug-likeness (QED) is 0.353. The van der Waals surface area contributed by atoms with E-state index in [0.29, 0.717) is 29.1 Å². The molecule has 0 atom stereocenters. The minimum atomic E-state index is -0.152. The van der Waals surface area contributed by atoms with E-state index in [1.54, 1.807) is 36.4 Å². The van der Waals surface area contributed by atoms with Crippen LogP contribution in [0.15, 0.2) is 77.3 Å². The Hall–Kier alpha value is -2.96. The lowest BCUT2D eigenvalue weighted by Gasteiger charge is -2.10. The number of Topliss-reactive ketones (excluding diaryl/α,β-unsaturated/α-hetero) is 1. The highest BCUT2D eigenvalue weighted by Crippen LogP contribution is 2.18. The Kier molecular flexibility index (Phi) is 6.49. The number of ketones is 1. The molecule has 0 saturated heterocycles. The highest BCUT2D eigenvalue weighted by Gasteiger charge is 2.15. The molecule has 7 heteroatoms. The van der Waals surface area contributed by atoms with Crippen LogP contribution in [0, 0.1) is 0 Å². The molecule has 0 aliphatic rings. The predicted octanol–water partition coefficient (Wildman–Crippen LogP) is 5.31. The standard InChI is InChI=1S/C24H19BrClN3O2/c25-18-5-3-4-17(14-18)24(31)27-13-12-23-28-20-6-1-2-7-21(20)29(23)15-22(30)16-8-10-19(26)11-9-16/h1-11,14H,12-13,15H2,(H,27,31). The molecule has 1 amide bonds. The summed E-state index contributed by atoms with van der Waals surface area (Å²) in [5, 5.41) is 3.51. The minimum absolute atomic E-state index is 0.0285. The van der Waals surface area contributed by atoms with Crippen molar-refractivity contribution in [2.75, 3.05) is 6.54 Å². The van der Waals surface area contributed by atoms with Crippen LogP contribution >= 0.6 is 27.5 Å². The van der Waals surface area contributed by atoms with Crippen molar-refractivity contribution < 1.29 is 9.59 Å². The van der Waals surface area contributed by atoms with Gasteiger partial charge in [0, 0.05) is 33.6 Å². The zero-order chi connectivity index (χ0) is 21.8. The van der Waals surface area contributed by atoms with E-state index in [9.17, 15) is 9.59 Å². The number of halogens is 2. The van der Waals surface area contributed by atoms with E-state index in [2.05, 4.69) is 26.2 Å². The third kappa shape index (κ3) is 5.03. The van der Waals surface area contributed by atoms with Crippen LogP contribution in [0.2, 0.25) is 5.02 Å². The van der Waals surface area contributed by atoms with Crippen molar-refractivity contribution in [3.8, 4) is 0 Å². The number of nitrogens with zero attached hydrogens (tertiary/aromatic N) is 2. The van der Waals surface area contributed by atoms with Crippen molar-refractivity contribution in [2.45, 2.75) is 13.0 Å². The van der Waals surface area contributed by atoms with Gasteiger partial charge in [0.2, 0.25) is 0 Å². The number of imidazole rings is 1. The van der Waals surface area contributed by atoms with Gasteiger partial charge in [-0.3, -0.25) is 9.59 Å². The molecular formula is C24H19BrClN3O2. The Labute approximate surface area is 193 Å². The molecule has 1 aromatic heterocycles. The summed E-state index contributed by atoms with van der Waals surface area (Å²) >= 11 is 9.31. The number of para-hydroxylation sites is 2. The molecule has 0 spiro atoms. The molecule has 3 aromatic carbocycles. The van der Waals surface area contributed by atoms with Gasteiger partial charge in [-0.25, -0.2) is 4.98 Å². The molecule has 156 valence electrons. The van der Waals surface area contributed by atoms with Crippen LogP contribution in [0.3, 0.4) is 0 Å². The summed E-state index contributed by atoms with van der Waals surface area (Å²) in [6.45, 7) is 0.570. The third-order valence-corrected chi connectivity index (χ3v) is 5.67. The molecule has 0 radical (unpaired) electrons. The number of amides is 1. The molecule has 0 aliphatic heterocycles. The van der Waals surface area contributed by atoms with Crippen LogP contribution < -0.4 is 5.32 Å². The van der Waals surface area contributed by atoms with Gasteiger partial charge >= 0.3 is 0 Å². The second-order valence-electron chi connectivity index (χ2n) is 7.05. The van der Waals surface area contributed by atoms with Gasteiger partial charge in [0.15, 0.2) is 5.78 Å². The molecule has 0 unspecified atom stereocenters. The average Bonchev–Trinajstić information content (AvgIpc) is 3.11. The Bertz CT molecular complexity index is 1250. The summed E-state index contributed by atoms with van der Waals surface area (Å²) in [7, 11) is 0. The molecule has 0 fully saturated rings. The second-order valence-corrected chi connectivity index (χ2v) is 8.40. The Balaban J connectivity index is 1.51. The highest BCUT2D eigenvalue weighted by atomic mass is 79.9. The topological polar surface area (TPSA) is 64.0 Å². The summed E-state index contributed by atoms with van der Waals surface area (Å²) in [6.07, 6.45) is 0.502. The van der Waals surface area contributed by atoms with Gasteiger partial charge in [0.25, 0.3) is 5.91 Å². The first kappa shape index (κ1) is 21.3.